The number of carbonyl (C=O) groups is 1. The number of methoxy groups -OCH3 is 1. The van der Waals surface area contributed by atoms with Crippen molar-refractivity contribution in [2.45, 2.75) is 26.9 Å². The van der Waals surface area contributed by atoms with Crippen LogP contribution in [0, 0.1) is 0 Å². The van der Waals surface area contributed by atoms with E-state index in [1.54, 1.807) is 13.2 Å². The van der Waals surface area contributed by atoms with Crippen molar-refractivity contribution in [3.63, 3.8) is 0 Å². The van der Waals surface area contributed by atoms with Gasteiger partial charge in [0.15, 0.2) is 11.5 Å². The molecule has 144 valence electrons. The number of nitrogens with one attached hydrogen (secondary N) is 1. The summed E-state index contributed by atoms with van der Waals surface area (Å²) in [6.07, 6.45) is 4.17. The van der Waals surface area contributed by atoms with Crippen LogP contribution in [0.4, 0.5) is 5.69 Å². The van der Waals surface area contributed by atoms with Crippen molar-refractivity contribution in [2.24, 2.45) is 0 Å². The topological polar surface area (TPSA) is 56.8 Å². The first-order valence-corrected chi connectivity index (χ1v) is 9.13. The molecule has 1 amide bonds. The van der Waals surface area contributed by atoms with Crippen LogP contribution in [0.25, 0.3) is 6.08 Å². The molecule has 0 aliphatic rings. The zero-order valence-electron chi connectivity index (χ0n) is 16.2. The van der Waals surface area contributed by atoms with E-state index in [-0.39, 0.29) is 5.91 Å². The first-order valence-electron chi connectivity index (χ1n) is 9.13. The molecule has 0 aliphatic carbocycles. The number of amides is 1. The molecule has 5 heteroatoms. The summed E-state index contributed by atoms with van der Waals surface area (Å²) in [4.78, 5) is 12.3. The Bertz CT molecular complexity index is 771. The SMILES string of the molecule is CCCOc1ccc(/C=C/C(=O)Nc2ccccc2COCC)cc1OC. The van der Waals surface area contributed by atoms with Crippen molar-refractivity contribution >= 4 is 17.7 Å². The van der Waals surface area contributed by atoms with Gasteiger partial charge in [-0.2, -0.15) is 0 Å². The Labute approximate surface area is 161 Å². The van der Waals surface area contributed by atoms with E-state index in [9.17, 15) is 4.79 Å². The lowest BCUT2D eigenvalue weighted by Crippen LogP contribution is -2.10. The smallest absolute Gasteiger partial charge is 0.248 e. The molecule has 0 spiro atoms. The van der Waals surface area contributed by atoms with Crippen LogP contribution in [0.15, 0.2) is 48.5 Å². The molecule has 0 aliphatic heterocycles. The average Bonchev–Trinajstić information content (AvgIpc) is 2.70. The van der Waals surface area contributed by atoms with Crippen LogP contribution in [0.2, 0.25) is 0 Å². The van der Waals surface area contributed by atoms with E-state index >= 15 is 0 Å². The zero-order chi connectivity index (χ0) is 19.5. The van der Waals surface area contributed by atoms with E-state index in [2.05, 4.69) is 12.2 Å². The average molecular weight is 369 g/mol. The molecule has 0 heterocycles. The fourth-order valence-corrected chi connectivity index (χ4v) is 2.45. The molecule has 0 saturated heterocycles. The Hall–Kier alpha value is -2.79. The van der Waals surface area contributed by atoms with E-state index in [1.807, 2.05) is 49.4 Å². The van der Waals surface area contributed by atoms with Crippen molar-refractivity contribution < 1.29 is 19.0 Å². The molecule has 0 atom stereocenters. The summed E-state index contributed by atoms with van der Waals surface area (Å²) in [5.74, 6) is 1.14. The molecule has 2 rings (SSSR count). The summed E-state index contributed by atoms with van der Waals surface area (Å²) in [7, 11) is 1.60. The Balaban J connectivity index is 2.04. The number of hydrogen-bond acceptors (Lipinski definition) is 4. The summed E-state index contributed by atoms with van der Waals surface area (Å²) in [5.41, 5.74) is 2.55. The summed E-state index contributed by atoms with van der Waals surface area (Å²) in [6.45, 7) is 5.72. The Kier molecular flexibility index (Phi) is 8.39. The van der Waals surface area contributed by atoms with Crippen LogP contribution in [0.1, 0.15) is 31.4 Å². The summed E-state index contributed by atoms with van der Waals surface area (Å²) >= 11 is 0. The van der Waals surface area contributed by atoms with Gasteiger partial charge >= 0.3 is 0 Å². The van der Waals surface area contributed by atoms with Gasteiger partial charge in [0.05, 0.1) is 20.3 Å². The molecule has 27 heavy (non-hydrogen) atoms. The highest BCUT2D eigenvalue weighted by molar-refractivity contribution is 6.02. The van der Waals surface area contributed by atoms with Crippen LogP contribution < -0.4 is 14.8 Å². The van der Waals surface area contributed by atoms with E-state index in [4.69, 9.17) is 14.2 Å². The third kappa shape index (κ3) is 6.46. The summed E-state index contributed by atoms with van der Waals surface area (Å²) in [6, 6.07) is 13.2. The second kappa shape index (κ2) is 11.0. The third-order valence-electron chi connectivity index (χ3n) is 3.81. The molecule has 1 N–H and O–H groups in total. The fraction of sp³-hybridized carbons (Fsp3) is 0.318. The Morgan fingerprint density at radius 1 is 1.11 bits per heavy atom. The van der Waals surface area contributed by atoms with E-state index in [0.717, 1.165) is 23.2 Å². The molecule has 0 unspecified atom stereocenters. The predicted molar refractivity (Wildman–Crippen MR) is 108 cm³/mol. The van der Waals surface area contributed by atoms with Gasteiger partial charge in [0.2, 0.25) is 5.91 Å². The van der Waals surface area contributed by atoms with Crippen LogP contribution >= 0.6 is 0 Å². The molecule has 2 aromatic carbocycles. The second-order valence-corrected chi connectivity index (χ2v) is 5.88. The second-order valence-electron chi connectivity index (χ2n) is 5.88. The maximum absolute atomic E-state index is 12.3. The standard InChI is InChI=1S/C22H27NO4/c1-4-14-27-20-12-10-17(15-21(20)25-3)11-13-22(24)23-19-9-7-6-8-18(19)16-26-5-2/h6-13,15H,4-5,14,16H2,1-3H3,(H,23,24)/b13-11+. The first-order chi connectivity index (χ1) is 13.2. The van der Waals surface area contributed by atoms with Crippen LogP contribution in [0.5, 0.6) is 11.5 Å². The normalized spacial score (nSPS) is 10.8. The number of anilines is 1. The van der Waals surface area contributed by atoms with Crippen molar-refractivity contribution in [2.75, 3.05) is 25.6 Å². The first kappa shape index (κ1) is 20.5. The monoisotopic (exact) mass is 369 g/mol. The van der Waals surface area contributed by atoms with Crippen LogP contribution in [-0.2, 0) is 16.1 Å². The summed E-state index contributed by atoms with van der Waals surface area (Å²) in [5, 5.41) is 2.90. The van der Waals surface area contributed by atoms with Gasteiger partial charge in [0.1, 0.15) is 0 Å². The Morgan fingerprint density at radius 3 is 2.67 bits per heavy atom. The minimum atomic E-state index is -0.204. The molecule has 0 bridgehead atoms. The van der Waals surface area contributed by atoms with E-state index in [1.165, 1.54) is 6.08 Å². The minimum Gasteiger partial charge on any atom is -0.493 e. The lowest BCUT2D eigenvalue weighted by atomic mass is 10.1. The van der Waals surface area contributed by atoms with Crippen LogP contribution in [-0.4, -0.2) is 26.2 Å². The molecule has 0 aromatic heterocycles. The molecular weight excluding hydrogens is 342 g/mol. The molecule has 5 nitrogen and oxygen atoms in total. The quantitative estimate of drug-likeness (QED) is 0.618. The maximum Gasteiger partial charge on any atom is 0.248 e. The fourth-order valence-electron chi connectivity index (χ4n) is 2.45. The van der Waals surface area contributed by atoms with Crippen LogP contribution in [0.3, 0.4) is 0 Å². The number of para-hydroxylation sites is 1. The molecular formula is C22H27NO4. The third-order valence-corrected chi connectivity index (χ3v) is 3.81. The van der Waals surface area contributed by atoms with Gasteiger partial charge in [-0.25, -0.2) is 0 Å². The number of benzene rings is 2. The van der Waals surface area contributed by atoms with Gasteiger partial charge < -0.3 is 19.5 Å². The lowest BCUT2D eigenvalue weighted by Gasteiger charge is -2.11. The highest BCUT2D eigenvalue weighted by atomic mass is 16.5. The van der Waals surface area contributed by atoms with Crippen molar-refractivity contribution in [1.29, 1.82) is 0 Å². The number of carbonyl (C=O) groups excluding carboxylic acids is 1. The van der Waals surface area contributed by atoms with E-state index < -0.39 is 0 Å². The highest BCUT2D eigenvalue weighted by Crippen LogP contribution is 2.28. The highest BCUT2D eigenvalue weighted by Gasteiger charge is 2.06. The number of ether oxygens (including phenoxy) is 3. The molecule has 0 radical (unpaired) electrons. The number of rotatable bonds is 10. The predicted octanol–water partition coefficient (Wildman–Crippen LogP) is 4.67. The van der Waals surface area contributed by atoms with Gasteiger partial charge in [-0.3, -0.25) is 4.79 Å². The van der Waals surface area contributed by atoms with E-state index in [0.29, 0.717) is 31.3 Å². The largest absolute Gasteiger partial charge is 0.493 e. The molecule has 0 fully saturated rings. The zero-order valence-corrected chi connectivity index (χ0v) is 16.2. The maximum atomic E-state index is 12.3. The Morgan fingerprint density at radius 2 is 1.93 bits per heavy atom. The van der Waals surface area contributed by atoms with Gasteiger partial charge in [0.25, 0.3) is 0 Å². The molecule has 2 aromatic rings. The van der Waals surface area contributed by atoms with Gasteiger partial charge in [-0.1, -0.05) is 31.2 Å². The van der Waals surface area contributed by atoms with Gasteiger partial charge in [0, 0.05) is 23.9 Å². The number of hydrogen-bond donors (Lipinski definition) is 1. The minimum absolute atomic E-state index is 0.204. The molecule has 0 saturated carbocycles. The summed E-state index contributed by atoms with van der Waals surface area (Å²) < 4.78 is 16.4. The van der Waals surface area contributed by atoms with Gasteiger partial charge in [-0.15, -0.1) is 0 Å². The van der Waals surface area contributed by atoms with Crippen molar-refractivity contribution in [3.05, 3.63) is 59.7 Å². The lowest BCUT2D eigenvalue weighted by molar-refractivity contribution is -0.111. The van der Waals surface area contributed by atoms with Gasteiger partial charge in [-0.05, 0) is 43.2 Å². The van der Waals surface area contributed by atoms with Crippen molar-refractivity contribution in [3.8, 4) is 11.5 Å². The van der Waals surface area contributed by atoms with Crippen molar-refractivity contribution in [1.82, 2.24) is 0 Å².